The number of carbonyl (C=O) groups is 2. The SMILES string of the molecule is O=C1CN(c2ccccc2[N+](=O)[O-])C(=O)N1c1ccccc1. The number of hydrogen-bond acceptors (Lipinski definition) is 4. The third kappa shape index (κ3) is 2.18. The predicted molar refractivity (Wildman–Crippen MR) is 79.8 cm³/mol. The summed E-state index contributed by atoms with van der Waals surface area (Å²) >= 11 is 0. The van der Waals surface area contributed by atoms with E-state index in [2.05, 4.69) is 0 Å². The Labute approximate surface area is 125 Å². The van der Waals surface area contributed by atoms with Crippen LogP contribution in [0, 0.1) is 10.1 Å². The van der Waals surface area contributed by atoms with Crippen LogP contribution < -0.4 is 9.80 Å². The molecule has 0 atom stereocenters. The lowest BCUT2D eigenvalue weighted by Crippen LogP contribution is -2.33. The Morgan fingerprint density at radius 3 is 2.27 bits per heavy atom. The highest BCUT2D eigenvalue weighted by Crippen LogP contribution is 2.32. The van der Waals surface area contributed by atoms with E-state index in [4.69, 9.17) is 0 Å². The first kappa shape index (κ1) is 13.7. The van der Waals surface area contributed by atoms with Gasteiger partial charge in [-0.3, -0.25) is 19.8 Å². The number of anilines is 2. The quantitative estimate of drug-likeness (QED) is 0.495. The normalized spacial score (nSPS) is 14.5. The average molecular weight is 297 g/mol. The van der Waals surface area contributed by atoms with E-state index in [9.17, 15) is 19.7 Å². The smallest absolute Gasteiger partial charge is 0.278 e. The number of urea groups is 1. The van der Waals surface area contributed by atoms with E-state index in [1.54, 1.807) is 36.4 Å². The number of carbonyl (C=O) groups excluding carboxylic acids is 2. The lowest BCUT2D eigenvalue weighted by molar-refractivity contribution is -0.384. The fraction of sp³-hybridized carbons (Fsp3) is 0.0667. The van der Waals surface area contributed by atoms with Gasteiger partial charge in [0, 0.05) is 6.07 Å². The van der Waals surface area contributed by atoms with Gasteiger partial charge in [0.2, 0.25) is 0 Å². The van der Waals surface area contributed by atoms with Gasteiger partial charge in [-0.15, -0.1) is 0 Å². The van der Waals surface area contributed by atoms with Crippen LogP contribution in [0.15, 0.2) is 54.6 Å². The Morgan fingerprint density at radius 1 is 0.955 bits per heavy atom. The number of para-hydroxylation sites is 3. The van der Waals surface area contributed by atoms with Gasteiger partial charge in [0.05, 0.1) is 10.6 Å². The molecular weight excluding hydrogens is 286 g/mol. The summed E-state index contributed by atoms with van der Waals surface area (Å²) in [5.74, 6) is -0.422. The fourth-order valence-corrected chi connectivity index (χ4v) is 2.37. The molecule has 22 heavy (non-hydrogen) atoms. The van der Waals surface area contributed by atoms with Crippen LogP contribution in [0.2, 0.25) is 0 Å². The summed E-state index contributed by atoms with van der Waals surface area (Å²) in [6.07, 6.45) is 0. The van der Waals surface area contributed by atoms with Crippen LogP contribution in [-0.4, -0.2) is 23.4 Å². The van der Waals surface area contributed by atoms with Crippen molar-refractivity contribution in [2.45, 2.75) is 0 Å². The summed E-state index contributed by atoms with van der Waals surface area (Å²) < 4.78 is 0. The number of benzene rings is 2. The number of amides is 3. The number of hydrogen-bond donors (Lipinski definition) is 0. The van der Waals surface area contributed by atoms with Crippen molar-refractivity contribution in [2.75, 3.05) is 16.3 Å². The summed E-state index contributed by atoms with van der Waals surface area (Å²) in [6.45, 7) is -0.224. The van der Waals surface area contributed by atoms with Gasteiger partial charge < -0.3 is 0 Å². The first-order valence-corrected chi connectivity index (χ1v) is 6.52. The molecule has 0 unspecified atom stereocenters. The van der Waals surface area contributed by atoms with E-state index in [1.807, 2.05) is 0 Å². The topological polar surface area (TPSA) is 83.8 Å². The van der Waals surface area contributed by atoms with Crippen LogP contribution >= 0.6 is 0 Å². The van der Waals surface area contributed by atoms with Crippen molar-refractivity contribution in [3.8, 4) is 0 Å². The van der Waals surface area contributed by atoms with Gasteiger partial charge in [-0.05, 0) is 18.2 Å². The first-order valence-electron chi connectivity index (χ1n) is 6.52. The number of rotatable bonds is 3. The van der Waals surface area contributed by atoms with Crippen LogP contribution in [0.4, 0.5) is 21.9 Å². The molecule has 110 valence electrons. The second kappa shape index (κ2) is 5.28. The van der Waals surface area contributed by atoms with E-state index in [1.165, 1.54) is 18.2 Å². The maximum absolute atomic E-state index is 12.5. The van der Waals surface area contributed by atoms with Crippen LogP contribution in [-0.2, 0) is 4.79 Å². The Hall–Kier alpha value is -3.22. The summed E-state index contributed by atoms with van der Waals surface area (Å²) in [5, 5.41) is 11.1. The Kier molecular flexibility index (Phi) is 3.30. The van der Waals surface area contributed by atoms with Crippen molar-refractivity contribution in [3.05, 3.63) is 64.7 Å². The zero-order chi connectivity index (χ0) is 15.7. The standard InChI is InChI=1S/C15H11N3O4/c19-14-10-16(12-8-4-5-9-13(12)18(21)22)15(20)17(14)11-6-2-1-3-7-11/h1-9H,10H2. The molecule has 1 heterocycles. The van der Waals surface area contributed by atoms with Crippen LogP contribution in [0.1, 0.15) is 0 Å². The molecule has 3 amide bonds. The third-order valence-electron chi connectivity index (χ3n) is 3.35. The second-order valence-corrected chi connectivity index (χ2v) is 4.68. The number of nitrogens with zero attached hydrogens (tertiary/aromatic N) is 3. The number of nitro groups is 1. The molecule has 0 aromatic heterocycles. The molecular formula is C15H11N3O4. The monoisotopic (exact) mass is 297 g/mol. The molecule has 1 aliphatic heterocycles. The summed E-state index contributed by atoms with van der Waals surface area (Å²) in [7, 11) is 0. The molecule has 1 fully saturated rings. The molecule has 0 bridgehead atoms. The molecule has 0 saturated carbocycles. The average Bonchev–Trinajstić information content (AvgIpc) is 2.83. The molecule has 3 rings (SSSR count). The molecule has 1 aliphatic rings. The molecule has 7 nitrogen and oxygen atoms in total. The summed E-state index contributed by atoms with van der Waals surface area (Å²) in [6, 6.07) is 13.7. The van der Waals surface area contributed by atoms with Gasteiger partial charge in [0.25, 0.3) is 11.6 Å². The minimum Gasteiger partial charge on any atom is -0.278 e. The van der Waals surface area contributed by atoms with Crippen molar-refractivity contribution in [3.63, 3.8) is 0 Å². The van der Waals surface area contributed by atoms with E-state index < -0.39 is 16.9 Å². The molecule has 2 aromatic rings. The Morgan fingerprint density at radius 2 is 1.59 bits per heavy atom. The van der Waals surface area contributed by atoms with Crippen molar-refractivity contribution in [2.24, 2.45) is 0 Å². The number of imide groups is 1. The molecule has 7 heteroatoms. The highest BCUT2D eigenvalue weighted by Gasteiger charge is 2.40. The summed E-state index contributed by atoms with van der Waals surface area (Å²) in [4.78, 5) is 37.3. The van der Waals surface area contributed by atoms with Gasteiger partial charge in [-0.1, -0.05) is 30.3 Å². The van der Waals surface area contributed by atoms with Gasteiger partial charge >= 0.3 is 6.03 Å². The first-order chi connectivity index (χ1) is 10.6. The van der Waals surface area contributed by atoms with Gasteiger partial charge in [0.1, 0.15) is 12.2 Å². The third-order valence-corrected chi connectivity index (χ3v) is 3.35. The zero-order valence-electron chi connectivity index (χ0n) is 11.4. The van der Waals surface area contributed by atoms with Gasteiger partial charge in [-0.2, -0.15) is 0 Å². The maximum atomic E-state index is 12.5. The van der Waals surface area contributed by atoms with Crippen molar-refractivity contribution >= 4 is 29.0 Å². The molecule has 0 spiro atoms. The number of nitro benzene ring substituents is 1. The zero-order valence-corrected chi connectivity index (χ0v) is 11.4. The summed E-state index contributed by atoms with van der Waals surface area (Å²) in [5.41, 5.74) is 0.349. The van der Waals surface area contributed by atoms with Crippen LogP contribution in [0.5, 0.6) is 0 Å². The molecule has 0 aliphatic carbocycles. The molecule has 2 aromatic carbocycles. The highest BCUT2D eigenvalue weighted by molar-refractivity contribution is 6.27. The van der Waals surface area contributed by atoms with E-state index in [0.29, 0.717) is 5.69 Å². The van der Waals surface area contributed by atoms with Crippen LogP contribution in [0.3, 0.4) is 0 Å². The van der Waals surface area contributed by atoms with Crippen molar-refractivity contribution < 1.29 is 14.5 Å². The second-order valence-electron chi connectivity index (χ2n) is 4.68. The van der Waals surface area contributed by atoms with E-state index in [-0.39, 0.29) is 17.9 Å². The van der Waals surface area contributed by atoms with Gasteiger partial charge in [0.15, 0.2) is 0 Å². The van der Waals surface area contributed by atoms with Crippen molar-refractivity contribution in [1.82, 2.24) is 0 Å². The van der Waals surface area contributed by atoms with Crippen LogP contribution in [0.25, 0.3) is 0 Å². The van der Waals surface area contributed by atoms with Crippen molar-refractivity contribution in [1.29, 1.82) is 0 Å². The molecule has 1 saturated heterocycles. The minimum atomic E-state index is -0.592. The highest BCUT2D eigenvalue weighted by atomic mass is 16.6. The lowest BCUT2D eigenvalue weighted by atomic mass is 10.2. The van der Waals surface area contributed by atoms with E-state index >= 15 is 0 Å². The Bertz CT molecular complexity index is 760. The maximum Gasteiger partial charge on any atom is 0.336 e. The lowest BCUT2D eigenvalue weighted by Gasteiger charge is -2.17. The Balaban J connectivity index is 2.01. The van der Waals surface area contributed by atoms with Gasteiger partial charge in [-0.25, -0.2) is 9.69 Å². The fourth-order valence-electron chi connectivity index (χ4n) is 2.37. The molecule has 0 N–H and O–H groups in total. The largest absolute Gasteiger partial charge is 0.336 e. The molecule has 0 radical (unpaired) electrons. The predicted octanol–water partition coefficient (Wildman–Crippen LogP) is 2.57. The minimum absolute atomic E-state index is 0.115. The van der Waals surface area contributed by atoms with E-state index in [0.717, 1.165) is 9.80 Å².